The number of hydrogen-bond acceptors (Lipinski definition) is 5. The smallest absolute Gasteiger partial charge is 0.263 e. The summed E-state index contributed by atoms with van der Waals surface area (Å²) < 4.78 is 11.4. The summed E-state index contributed by atoms with van der Waals surface area (Å²) in [6, 6.07) is 6.82. The standard InChI is InChI=1S/C19H21BrClN3O4/c1-11-9-17(23-28-11)22-18(25)13-5-7-24(8-6-13)19(26)12(2)27-16-4-3-14(21)10-15(16)20/h3-4,9-10,12-13H,5-8H2,1-2H3,(H,22,23,25). The average molecular weight is 471 g/mol. The minimum absolute atomic E-state index is 0.102. The van der Waals surface area contributed by atoms with Crippen molar-refractivity contribution < 1.29 is 18.8 Å². The summed E-state index contributed by atoms with van der Waals surface area (Å²) in [4.78, 5) is 26.8. The van der Waals surface area contributed by atoms with Gasteiger partial charge < -0.3 is 19.5 Å². The van der Waals surface area contributed by atoms with Gasteiger partial charge in [0.25, 0.3) is 5.91 Å². The number of likely N-dealkylation sites (tertiary alicyclic amines) is 1. The molecule has 9 heteroatoms. The second-order valence-corrected chi connectivity index (χ2v) is 8.04. The first-order chi connectivity index (χ1) is 13.3. The number of halogens is 2. The molecule has 3 rings (SSSR count). The Labute approximate surface area is 176 Å². The van der Waals surface area contributed by atoms with E-state index in [0.717, 1.165) is 0 Å². The van der Waals surface area contributed by atoms with E-state index in [4.69, 9.17) is 20.9 Å². The molecule has 1 unspecified atom stereocenters. The lowest BCUT2D eigenvalue weighted by atomic mass is 9.95. The Morgan fingerprint density at radius 3 is 2.68 bits per heavy atom. The highest BCUT2D eigenvalue weighted by Gasteiger charge is 2.30. The van der Waals surface area contributed by atoms with E-state index in [1.807, 2.05) is 0 Å². The van der Waals surface area contributed by atoms with E-state index in [2.05, 4.69) is 26.4 Å². The molecule has 0 saturated carbocycles. The third kappa shape index (κ3) is 5.05. The Morgan fingerprint density at radius 2 is 2.07 bits per heavy atom. The first-order valence-electron chi connectivity index (χ1n) is 8.98. The number of aryl methyl sites for hydroxylation is 1. The van der Waals surface area contributed by atoms with Crippen molar-refractivity contribution in [2.24, 2.45) is 5.92 Å². The second kappa shape index (κ2) is 8.96. The molecule has 1 aliphatic rings. The van der Waals surface area contributed by atoms with Crippen molar-refractivity contribution in [3.63, 3.8) is 0 Å². The molecule has 7 nitrogen and oxygen atoms in total. The van der Waals surface area contributed by atoms with Crippen molar-refractivity contribution in [1.29, 1.82) is 0 Å². The summed E-state index contributed by atoms with van der Waals surface area (Å²) in [6.45, 7) is 4.49. The highest BCUT2D eigenvalue weighted by molar-refractivity contribution is 9.10. The Bertz CT molecular complexity index is 865. The highest BCUT2D eigenvalue weighted by atomic mass is 79.9. The van der Waals surface area contributed by atoms with Gasteiger partial charge in [0.05, 0.1) is 4.47 Å². The maximum Gasteiger partial charge on any atom is 0.263 e. The van der Waals surface area contributed by atoms with Gasteiger partial charge >= 0.3 is 0 Å². The van der Waals surface area contributed by atoms with Crippen LogP contribution in [-0.2, 0) is 9.59 Å². The quantitative estimate of drug-likeness (QED) is 0.713. The first kappa shape index (κ1) is 20.7. The number of nitrogens with one attached hydrogen (secondary N) is 1. The molecule has 0 aliphatic carbocycles. The Hall–Kier alpha value is -2.06. The van der Waals surface area contributed by atoms with Gasteiger partial charge in [0, 0.05) is 30.1 Å². The minimum Gasteiger partial charge on any atom is -0.480 e. The van der Waals surface area contributed by atoms with Crippen LogP contribution in [0.4, 0.5) is 5.82 Å². The molecule has 2 amide bonds. The molecule has 0 spiro atoms. The molecule has 0 radical (unpaired) electrons. The molecule has 1 aliphatic heterocycles. The maximum atomic E-state index is 12.7. The maximum absolute atomic E-state index is 12.7. The zero-order chi connectivity index (χ0) is 20.3. The number of hydrogen-bond donors (Lipinski definition) is 1. The largest absolute Gasteiger partial charge is 0.480 e. The average Bonchev–Trinajstić information content (AvgIpc) is 3.08. The van der Waals surface area contributed by atoms with Gasteiger partial charge in [-0.2, -0.15) is 0 Å². The monoisotopic (exact) mass is 469 g/mol. The number of amides is 2. The highest BCUT2D eigenvalue weighted by Crippen LogP contribution is 2.29. The van der Waals surface area contributed by atoms with Crippen LogP contribution < -0.4 is 10.1 Å². The molecule has 1 saturated heterocycles. The number of aromatic nitrogens is 1. The van der Waals surface area contributed by atoms with Crippen LogP contribution in [0.3, 0.4) is 0 Å². The molecule has 1 N–H and O–H groups in total. The van der Waals surface area contributed by atoms with Gasteiger partial charge in [0.15, 0.2) is 11.9 Å². The number of nitrogens with zero attached hydrogens (tertiary/aromatic N) is 2. The van der Waals surface area contributed by atoms with Crippen molar-refractivity contribution in [1.82, 2.24) is 10.1 Å². The van der Waals surface area contributed by atoms with Gasteiger partial charge in [-0.25, -0.2) is 0 Å². The van der Waals surface area contributed by atoms with Crippen LogP contribution in [0, 0.1) is 12.8 Å². The molecule has 150 valence electrons. The van der Waals surface area contributed by atoms with Crippen molar-refractivity contribution in [3.05, 3.63) is 39.5 Å². The van der Waals surface area contributed by atoms with Gasteiger partial charge in [-0.15, -0.1) is 0 Å². The molecule has 1 atom stereocenters. The Kier molecular flexibility index (Phi) is 6.61. The lowest BCUT2D eigenvalue weighted by Gasteiger charge is -2.32. The van der Waals surface area contributed by atoms with Crippen LogP contribution in [0.25, 0.3) is 0 Å². The van der Waals surface area contributed by atoms with Gasteiger partial charge in [-0.05, 0) is 60.8 Å². The number of benzene rings is 1. The number of carbonyl (C=O) groups is 2. The zero-order valence-corrected chi connectivity index (χ0v) is 17.9. The van der Waals surface area contributed by atoms with Crippen LogP contribution in [0.2, 0.25) is 5.02 Å². The summed E-state index contributed by atoms with van der Waals surface area (Å²) >= 11 is 9.31. The second-order valence-electron chi connectivity index (χ2n) is 6.75. The molecule has 28 heavy (non-hydrogen) atoms. The molecule has 1 aromatic heterocycles. The fraction of sp³-hybridized carbons (Fsp3) is 0.421. The molecule has 2 aromatic rings. The summed E-state index contributed by atoms with van der Waals surface area (Å²) in [7, 11) is 0. The summed E-state index contributed by atoms with van der Waals surface area (Å²) in [5.41, 5.74) is 0. The number of ether oxygens (including phenoxy) is 1. The molecular weight excluding hydrogens is 450 g/mol. The van der Waals surface area contributed by atoms with Crippen molar-refractivity contribution in [2.75, 3.05) is 18.4 Å². The predicted molar refractivity (Wildman–Crippen MR) is 108 cm³/mol. The molecule has 1 aromatic carbocycles. The third-order valence-electron chi connectivity index (χ3n) is 4.60. The van der Waals surface area contributed by atoms with Gasteiger partial charge in [0.2, 0.25) is 5.91 Å². The Balaban J connectivity index is 1.50. The van der Waals surface area contributed by atoms with E-state index < -0.39 is 6.10 Å². The fourth-order valence-corrected chi connectivity index (χ4v) is 3.86. The van der Waals surface area contributed by atoms with E-state index in [1.165, 1.54) is 0 Å². The van der Waals surface area contributed by atoms with E-state index in [1.54, 1.807) is 43.0 Å². The number of anilines is 1. The summed E-state index contributed by atoms with van der Waals surface area (Å²) in [5.74, 6) is 1.24. The topological polar surface area (TPSA) is 84.7 Å². The van der Waals surface area contributed by atoms with Crippen LogP contribution in [-0.4, -0.2) is 41.1 Å². The van der Waals surface area contributed by atoms with E-state index in [-0.39, 0.29) is 17.7 Å². The van der Waals surface area contributed by atoms with Gasteiger partial charge in [-0.3, -0.25) is 9.59 Å². The lowest BCUT2D eigenvalue weighted by Crippen LogP contribution is -2.46. The lowest BCUT2D eigenvalue weighted by molar-refractivity contribution is -0.140. The van der Waals surface area contributed by atoms with E-state index in [9.17, 15) is 9.59 Å². The van der Waals surface area contributed by atoms with Crippen molar-refractivity contribution in [3.8, 4) is 5.75 Å². The van der Waals surface area contributed by atoms with E-state index in [0.29, 0.717) is 52.8 Å². The summed E-state index contributed by atoms with van der Waals surface area (Å²) in [5, 5.41) is 7.11. The SMILES string of the molecule is Cc1cc(NC(=O)C2CCN(C(=O)C(C)Oc3ccc(Cl)cc3Br)CC2)no1. The Morgan fingerprint density at radius 1 is 1.36 bits per heavy atom. The molecule has 0 bridgehead atoms. The van der Waals surface area contributed by atoms with Crippen LogP contribution in [0.5, 0.6) is 5.75 Å². The first-order valence-corrected chi connectivity index (χ1v) is 10.1. The zero-order valence-electron chi connectivity index (χ0n) is 15.6. The normalized spacial score (nSPS) is 15.9. The van der Waals surface area contributed by atoms with Crippen LogP contribution >= 0.6 is 27.5 Å². The van der Waals surface area contributed by atoms with Gasteiger partial charge in [0.1, 0.15) is 11.5 Å². The third-order valence-corrected chi connectivity index (χ3v) is 5.46. The van der Waals surface area contributed by atoms with Gasteiger partial charge in [-0.1, -0.05) is 16.8 Å². The van der Waals surface area contributed by atoms with Crippen LogP contribution in [0.15, 0.2) is 33.3 Å². The number of carbonyl (C=O) groups excluding carboxylic acids is 2. The number of rotatable bonds is 5. The van der Waals surface area contributed by atoms with Crippen LogP contribution in [0.1, 0.15) is 25.5 Å². The number of piperidine rings is 1. The minimum atomic E-state index is -0.638. The molecule has 2 heterocycles. The van der Waals surface area contributed by atoms with Crippen molar-refractivity contribution >= 4 is 45.2 Å². The van der Waals surface area contributed by atoms with E-state index >= 15 is 0 Å². The van der Waals surface area contributed by atoms with Crippen molar-refractivity contribution in [2.45, 2.75) is 32.8 Å². The molecular formula is C19H21BrClN3O4. The predicted octanol–water partition coefficient (Wildman–Crippen LogP) is 4.04. The fourth-order valence-electron chi connectivity index (χ4n) is 3.08. The summed E-state index contributed by atoms with van der Waals surface area (Å²) in [6.07, 6.45) is 0.540. The molecule has 1 fully saturated rings.